The number of carbonyl (C=O) groups is 2. The van der Waals surface area contributed by atoms with Crippen molar-refractivity contribution in [2.75, 3.05) is 19.8 Å². The van der Waals surface area contributed by atoms with E-state index in [-0.39, 0.29) is 23.6 Å². The van der Waals surface area contributed by atoms with Crippen molar-refractivity contribution in [3.63, 3.8) is 0 Å². The van der Waals surface area contributed by atoms with E-state index < -0.39 is 23.3 Å². The molecule has 0 bridgehead atoms. The second kappa shape index (κ2) is 7.44. The molecular weight excluding hydrogens is 358 g/mol. The third kappa shape index (κ3) is 3.89. The normalized spacial score (nSPS) is 12.5. The first kappa shape index (κ1) is 18.4. The van der Waals surface area contributed by atoms with Gasteiger partial charge in [0.15, 0.2) is 23.9 Å². The lowest BCUT2D eigenvalue weighted by Crippen LogP contribution is -2.20. The van der Waals surface area contributed by atoms with Crippen LogP contribution in [-0.2, 0) is 16.1 Å². The number of aryl methyl sites for hydroxylation is 1. The first-order valence-corrected chi connectivity index (χ1v) is 8.13. The lowest BCUT2D eigenvalue weighted by atomic mass is 10.1. The second-order valence-electron chi connectivity index (χ2n) is 5.88. The molecule has 0 unspecified atom stereocenters. The van der Waals surface area contributed by atoms with Gasteiger partial charge in [-0.1, -0.05) is 0 Å². The highest BCUT2D eigenvalue weighted by atomic mass is 16.6. The molecule has 0 N–H and O–H groups in total. The number of esters is 1. The molecule has 0 spiro atoms. The van der Waals surface area contributed by atoms with Gasteiger partial charge >= 0.3 is 11.7 Å². The molecule has 10 heteroatoms. The van der Waals surface area contributed by atoms with E-state index in [4.69, 9.17) is 14.2 Å². The van der Waals surface area contributed by atoms with Gasteiger partial charge in [-0.3, -0.25) is 24.4 Å². The SMILES string of the molecule is Cc1nn(CC(=O)OCC(=O)c2ccc3c(c2)OCCO3)c(C)c1[N+](=O)[O-]. The maximum atomic E-state index is 12.2. The molecule has 2 heterocycles. The Kier molecular flexibility index (Phi) is 5.06. The van der Waals surface area contributed by atoms with E-state index in [2.05, 4.69) is 5.10 Å². The predicted molar refractivity (Wildman–Crippen MR) is 91.1 cm³/mol. The van der Waals surface area contributed by atoms with Crippen molar-refractivity contribution < 1.29 is 28.7 Å². The molecular formula is C17H17N3O7. The van der Waals surface area contributed by atoms with Crippen molar-refractivity contribution in [2.45, 2.75) is 20.4 Å². The number of fused-ring (bicyclic) bond motifs is 1. The molecule has 0 fully saturated rings. The first-order valence-electron chi connectivity index (χ1n) is 8.13. The number of aromatic nitrogens is 2. The fourth-order valence-corrected chi connectivity index (χ4v) is 2.72. The quantitative estimate of drug-likeness (QED) is 0.323. The Hall–Kier alpha value is -3.43. The lowest BCUT2D eigenvalue weighted by molar-refractivity contribution is -0.386. The predicted octanol–water partition coefficient (Wildman–Crippen LogP) is 1.61. The van der Waals surface area contributed by atoms with Gasteiger partial charge in [-0.2, -0.15) is 5.10 Å². The number of ether oxygens (including phenoxy) is 3. The molecule has 27 heavy (non-hydrogen) atoms. The molecule has 0 radical (unpaired) electrons. The van der Waals surface area contributed by atoms with Crippen molar-refractivity contribution in [3.05, 3.63) is 45.3 Å². The van der Waals surface area contributed by atoms with Gasteiger partial charge in [-0.25, -0.2) is 0 Å². The highest BCUT2D eigenvalue weighted by Gasteiger charge is 2.23. The molecule has 1 aliphatic heterocycles. The van der Waals surface area contributed by atoms with Crippen molar-refractivity contribution in [1.82, 2.24) is 9.78 Å². The Bertz CT molecular complexity index is 919. The minimum absolute atomic E-state index is 0.143. The number of rotatable bonds is 6. The molecule has 0 saturated heterocycles. The Morgan fingerprint density at radius 1 is 1.26 bits per heavy atom. The number of carbonyl (C=O) groups excluding carboxylic acids is 2. The van der Waals surface area contributed by atoms with E-state index in [1.54, 1.807) is 12.1 Å². The van der Waals surface area contributed by atoms with Crippen LogP contribution >= 0.6 is 0 Å². The van der Waals surface area contributed by atoms with Crippen LogP contribution in [0, 0.1) is 24.0 Å². The maximum absolute atomic E-state index is 12.2. The largest absolute Gasteiger partial charge is 0.486 e. The summed E-state index contributed by atoms with van der Waals surface area (Å²) in [5, 5.41) is 15.0. The van der Waals surface area contributed by atoms with Crippen molar-refractivity contribution in [3.8, 4) is 11.5 Å². The van der Waals surface area contributed by atoms with E-state index in [1.165, 1.54) is 24.6 Å². The second-order valence-corrected chi connectivity index (χ2v) is 5.88. The summed E-state index contributed by atoms with van der Waals surface area (Å²) in [6, 6.07) is 4.72. The van der Waals surface area contributed by atoms with Crippen LogP contribution in [0.15, 0.2) is 18.2 Å². The Balaban J connectivity index is 1.60. The molecule has 1 aliphatic rings. The summed E-state index contributed by atoms with van der Waals surface area (Å²) in [6.07, 6.45) is 0. The number of ketones is 1. The topological polar surface area (TPSA) is 123 Å². The van der Waals surface area contributed by atoms with Crippen LogP contribution < -0.4 is 9.47 Å². The van der Waals surface area contributed by atoms with E-state index in [0.717, 1.165) is 0 Å². The monoisotopic (exact) mass is 375 g/mol. The van der Waals surface area contributed by atoms with Crippen molar-refractivity contribution in [2.24, 2.45) is 0 Å². The summed E-state index contributed by atoms with van der Waals surface area (Å²) in [7, 11) is 0. The number of nitrogens with zero attached hydrogens (tertiary/aromatic N) is 3. The molecule has 0 amide bonds. The number of hydrogen-bond acceptors (Lipinski definition) is 8. The average molecular weight is 375 g/mol. The Morgan fingerprint density at radius 3 is 2.63 bits per heavy atom. The van der Waals surface area contributed by atoms with Gasteiger partial charge in [0.1, 0.15) is 31.1 Å². The van der Waals surface area contributed by atoms with Crippen LogP contribution in [0.1, 0.15) is 21.7 Å². The third-order valence-electron chi connectivity index (χ3n) is 4.03. The minimum Gasteiger partial charge on any atom is -0.486 e. The molecule has 142 valence electrons. The molecule has 0 saturated carbocycles. The molecule has 0 atom stereocenters. The van der Waals surface area contributed by atoms with Gasteiger partial charge in [0.2, 0.25) is 0 Å². The summed E-state index contributed by atoms with van der Waals surface area (Å²) in [4.78, 5) is 34.6. The zero-order valence-corrected chi connectivity index (χ0v) is 14.8. The number of benzene rings is 1. The average Bonchev–Trinajstić information content (AvgIpc) is 2.92. The van der Waals surface area contributed by atoms with Gasteiger partial charge in [0.05, 0.1) is 4.92 Å². The number of hydrogen-bond donors (Lipinski definition) is 0. The fraction of sp³-hybridized carbons (Fsp3) is 0.353. The fourth-order valence-electron chi connectivity index (χ4n) is 2.72. The van der Waals surface area contributed by atoms with Crippen LogP contribution in [0.5, 0.6) is 11.5 Å². The van der Waals surface area contributed by atoms with Crippen LogP contribution in [0.4, 0.5) is 5.69 Å². The standard InChI is InChI=1S/C17H17N3O7/c1-10-17(20(23)24)11(2)19(18-10)8-16(22)27-9-13(21)12-3-4-14-15(7-12)26-6-5-25-14/h3-4,7H,5-6,8-9H2,1-2H3. The highest BCUT2D eigenvalue weighted by molar-refractivity contribution is 5.98. The van der Waals surface area contributed by atoms with Gasteiger partial charge in [0, 0.05) is 5.56 Å². The summed E-state index contributed by atoms with van der Waals surface area (Å²) >= 11 is 0. The van der Waals surface area contributed by atoms with Crippen LogP contribution in [0.3, 0.4) is 0 Å². The molecule has 0 aliphatic carbocycles. The lowest BCUT2D eigenvalue weighted by Gasteiger charge is -2.18. The van der Waals surface area contributed by atoms with E-state index in [9.17, 15) is 19.7 Å². The summed E-state index contributed by atoms with van der Waals surface area (Å²) in [5.41, 5.74) is 0.634. The summed E-state index contributed by atoms with van der Waals surface area (Å²) in [5.74, 6) is -0.102. The van der Waals surface area contributed by atoms with Gasteiger partial charge in [0.25, 0.3) is 0 Å². The van der Waals surface area contributed by atoms with Crippen LogP contribution in [-0.4, -0.2) is 46.3 Å². The first-order chi connectivity index (χ1) is 12.9. The number of nitro groups is 1. The van der Waals surface area contributed by atoms with E-state index in [0.29, 0.717) is 30.3 Å². The molecule has 2 aromatic rings. The molecule has 3 rings (SSSR count). The Morgan fingerprint density at radius 2 is 1.96 bits per heavy atom. The van der Waals surface area contributed by atoms with Gasteiger partial charge < -0.3 is 14.2 Å². The smallest absolute Gasteiger partial charge is 0.328 e. The van der Waals surface area contributed by atoms with Crippen molar-refractivity contribution >= 4 is 17.4 Å². The maximum Gasteiger partial charge on any atom is 0.328 e. The summed E-state index contributed by atoms with van der Waals surface area (Å²) in [6.45, 7) is 3.04. The highest BCUT2D eigenvalue weighted by Crippen LogP contribution is 2.30. The van der Waals surface area contributed by atoms with Gasteiger partial charge in [-0.15, -0.1) is 0 Å². The van der Waals surface area contributed by atoms with Crippen LogP contribution in [0.2, 0.25) is 0 Å². The zero-order chi connectivity index (χ0) is 19.6. The molecule has 10 nitrogen and oxygen atoms in total. The summed E-state index contributed by atoms with van der Waals surface area (Å²) < 4.78 is 17.0. The zero-order valence-electron chi connectivity index (χ0n) is 14.8. The van der Waals surface area contributed by atoms with Crippen LogP contribution in [0.25, 0.3) is 0 Å². The molecule has 1 aromatic heterocycles. The third-order valence-corrected chi connectivity index (χ3v) is 4.03. The Labute approximate surface area is 153 Å². The molecule has 1 aromatic carbocycles. The van der Waals surface area contributed by atoms with Gasteiger partial charge in [-0.05, 0) is 32.0 Å². The van der Waals surface area contributed by atoms with E-state index in [1.807, 2.05) is 0 Å². The van der Waals surface area contributed by atoms with Crippen molar-refractivity contribution in [1.29, 1.82) is 0 Å². The van der Waals surface area contributed by atoms with E-state index >= 15 is 0 Å². The minimum atomic E-state index is -0.721. The number of Topliss-reactive ketones (excluding diaryl/α,β-unsaturated/α-hetero) is 1.